The van der Waals surface area contributed by atoms with Crippen LogP contribution in [0.4, 0.5) is 0 Å². The van der Waals surface area contributed by atoms with Crippen molar-refractivity contribution >= 4 is 39.0 Å². The molecule has 0 aliphatic rings. The molecule has 5 heteroatoms. The molecule has 2 rings (SSSR count). The molecule has 0 aliphatic carbocycles. The predicted octanol–water partition coefficient (Wildman–Crippen LogP) is 3.55. The Morgan fingerprint density at radius 1 is 1.11 bits per heavy atom. The Bertz CT molecular complexity index is 563. The summed E-state index contributed by atoms with van der Waals surface area (Å²) in [6.45, 7) is -0.235. The third-order valence-electron chi connectivity index (χ3n) is 2.19. The van der Waals surface area contributed by atoms with E-state index in [9.17, 15) is 9.59 Å². The fraction of sp³-hybridized carbons (Fsp3) is 0.0769. The first kappa shape index (κ1) is 13.0. The van der Waals surface area contributed by atoms with E-state index in [1.165, 1.54) is 11.3 Å². The quantitative estimate of drug-likeness (QED) is 0.638. The number of ether oxygens (including phenoxy) is 1. The van der Waals surface area contributed by atoms with Crippen LogP contribution < -0.4 is 0 Å². The number of hydrogen-bond acceptors (Lipinski definition) is 4. The van der Waals surface area contributed by atoms with Crippen molar-refractivity contribution in [1.82, 2.24) is 0 Å². The summed E-state index contributed by atoms with van der Waals surface area (Å²) < 4.78 is 5.83. The molecule has 18 heavy (non-hydrogen) atoms. The molecule has 3 nitrogen and oxygen atoms in total. The van der Waals surface area contributed by atoms with Gasteiger partial charge in [-0.3, -0.25) is 4.79 Å². The molecule has 0 N–H and O–H groups in total. The standard InChI is InChI=1S/C13H9BrO3S/c14-12-7-6-11(18-12)10(15)8-17-13(16)9-4-2-1-3-5-9/h1-7H,8H2. The fourth-order valence-corrected chi connectivity index (χ4v) is 2.63. The Morgan fingerprint density at radius 2 is 1.83 bits per heavy atom. The lowest BCUT2D eigenvalue weighted by Gasteiger charge is -2.02. The third-order valence-corrected chi connectivity index (χ3v) is 3.86. The van der Waals surface area contributed by atoms with E-state index in [0.29, 0.717) is 10.4 Å². The summed E-state index contributed by atoms with van der Waals surface area (Å²) in [6, 6.07) is 12.1. The fourth-order valence-electron chi connectivity index (χ4n) is 1.32. The van der Waals surface area contributed by atoms with E-state index in [-0.39, 0.29) is 12.4 Å². The predicted molar refractivity (Wildman–Crippen MR) is 73.1 cm³/mol. The van der Waals surface area contributed by atoms with E-state index >= 15 is 0 Å². The maximum Gasteiger partial charge on any atom is 0.338 e. The molecule has 2 aromatic rings. The molecule has 0 aliphatic heterocycles. The minimum atomic E-state index is -0.487. The second kappa shape index (κ2) is 5.93. The summed E-state index contributed by atoms with van der Waals surface area (Å²) in [4.78, 5) is 23.9. The van der Waals surface area contributed by atoms with E-state index in [1.54, 1.807) is 36.4 Å². The van der Waals surface area contributed by atoms with Gasteiger partial charge < -0.3 is 4.74 Å². The molecule has 0 unspecified atom stereocenters. The minimum absolute atomic E-state index is 0.199. The van der Waals surface area contributed by atoms with Gasteiger partial charge in [0.25, 0.3) is 0 Å². The van der Waals surface area contributed by atoms with Gasteiger partial charge in [0.15, 0.2) is 6.61 Å². The first-order chi connectivity index (χ1) is 8.66. The van der Waals surface area contributed by atoms with E-state index in [4.69, 9.17) is 4.74 Å². The molecular weight excluding hydrogens is 316 g/mol. The first-order valence-corrected chi connectivity index (χ1v) is 6.78. The van der Waals surface area contributed by atoms with Crippen LogP contribution in [-0.2, 0) is 4.74 Å². The SMILES string of the molecule is O=C(OCC(=O)c1ccc(Br)s1)c1ccccc1. The van der Waals surface area contributed by atoms with Crippen LogP contribution in [-0.4, -0.2) is 18.4 Å². The Labute approximate surface area is 117 Å². The van der Waals surface area contributed by atoms with Crippen molar-refractivity contribution < 1.29 is 14.3 Å². The molecule has 92 valence electrons. The van der Waals surface area contributed by atoms with Crippen molar-refractivity contribution in [2.45, 2.75) is 0 Å². The lowest BCUT2D eigenvalue weighted by molar-refractivity contribution is 0.0476. The molecule has 0 saturated carbocycles. The van der Waals surface area contributed by atoms with Gasteiger partial charge in [0, 0.05) is 0 Å². The molecule has 0 fully saturated rings. The summed E-state index contributed by atoms with van der Waals surface area (Å²) in [7, 11) is 0. The Kier molecular flexibility index (Phi) is 4.28. The number of rotatable bonds is 4. The number of carbonyl (C=O) groups excluding carboxylic acids is 2. The molecule has 0 bridgehead atoms. The van der Waals surface area contributed by atoms with Crippen molar-refractivity contribution in [3.8, 4) is 0 Å². The first-order valence-electron chi connectivity index (χ1n) is 5.17. The minimum Gasteiger partial charge on any atom is -0.454 e. The van der Waals surface area contributed by atoms with Crippen LogP contribution in [0.25, 0.3) is 0 Å². The normalized spacial score (nSPS) is 10.1. The summed E-state index contributed by atoms with van der Waals surface area (Å²) in [5, 5.41) is 0. The molecular formula is C13H9BrO3S. The Hall–Kier alpha value is -1.46. The van der Waals surface area contributed by atoms with Gasteiger partial charge in [-0.15, -0.1) is 11.3 Å². The lowest BCUT2D eigenvalue weighted by atomic mass is 10.2. The highest BCUT2D eigenvalue weighted by molar-refractivity contribution is 9.11. The third kappa shape index (κ3) is 3.27. The highest BCUT2D eigenvalue weighted by Crippen LogP contribution is 2.22. The zero-order chi connectivity index (χ0) is 13.0. The van der Waals surface area contributed by atoms with Crippen LogP contribution in [0.3, 0.4) is 0 Å². The summed E-state index contributed by atoms with van der Waals surface area (Å²) in [5.41, 5.74) is 0.442. The lowest BCUT2D eigenvalue weighted by Crippen LogP contribution is -2.13. The van der Waals surface area contributed by atoms with Gasteiger partial charge in [0.05, 0.1) is 14.2 Å². The van der Waals surface area contributed by atoms with Gasteiger partial charge in [0.2, 0.25) is 5.78 Å². The molecule has 1 aromatic carbocycles. The maximum absolute atomic E-state index is 11.7. The van der Waals surface area contributed by atoms with E-state index in [0.717, 1.165) is 3.79 Å². The summed E-state index contributed by atoms with van der Waals surface area (Å²) >= 11 is 4.59. The summed E-state index contributed by atoms with van der Waals surface area (Å²) in [5.74, 6) is -0.686. The number of Topliss-reactive ketones (excluding diaryl/α,β-unsaturated/α-hetero) is 1. The van der Waals surface area contributed by atoms with Crippen LogP contribution in [0.15, 0.2) is 46.3 Å². The molecule has 0 radical (unpaired) electrons. The van der Waals surface area contributed by atoms with Gasteiger partial charge in [-0.2, -0.15) is 0 Å². The molecule has 0 amide bonds. The number of hydrogen-bond donors (Lipinski definition) is 0. The molecule has 0 spiro atoms. The average molecular weight is 325 g/mol. The highest BCUT2D eigenvalue weighted by atomic mass is 79.9. The van der Waals surface area contributed by atoms with E-state index in [2.05, 4.69) is 15.9 Å². The van der Waals surface area contributed by atoms with Gasteiger partial charge >= 0.3 is 5.97 Å². The monoisotopic (exact) mass is 324 g/mol. The summed E-state index contributed by atoms with van der Waals surface area (Å²) in [6.07, 6.45) is 0. The number of thiophene rings is 1. The number of carbonyl (C=O) groups is 2. The van der Waals surface area contributed by atoms with E-state index < -0.39 is 5.97 Å². The zero-order valence-electron chi connectivity index (χ0n) is 9.26. The smallest absolute Gasteiger partial charge is 0.338 e. The molecule has 0 atom stereocenters. The second-order valence-electron chi connectivity index (χ2n) is 3.47. The molecule has 1 heterocycles. The maximum atomic E-state index is 11.7. The largest absolute Gasteiger partial charge is 0.454 e. The molecule has 1 aromatic heterocycles. The van der Waals surface area contributed by atoms with Crippen molar-refractivity contribution in [3.63, 3.8) is 0 Å². The van der Waals surface area contributed by atoms with Gasteiger partial charge in [-0.1, -0.05) is 18.2 Å². The average Bonchev–Trinajstić information content (AvgIpc) is 2.83. The van der Waals surface area contributed by atoms with Crippen LogP contribution in [0.2, 0.25) is 0 Å². The Morgan fingerprint density at radius 3 is 2.44 bits per heavy atom. The highest BCUT2D eigenvalue weighted by Gasteiger charge is 2.12. The van der Waals surface area contributed by atoms with Crippen molar-refractivity contribution in [2.24, 2.45) is 0 Å². The van der Waals surface area contributed by atoms with Crippen LogP contribution >= 0.6 is 27.3 Å². The number of ketones is 1. The van der Waals surface area contributed by atoms with Gasteiger partial charge in [-0.25, -0.2) is 4.79 Å². The van der Waals surface area contributed by atoms with Crippen LogP contribution in [0.5, 0.6) is 0 Å². The van der Waals surface area contributed by atoms with Crippen molar-refractivity contribution in [1.29, 1.82) is 0 Å². The van der Waals surface area contributed by atoms with E-state index in [1.807, 2.05) is 6.07 Å². The topological polar surface area (TPSA) is 43.4 Å². The number of esters is 1. The Balaban J connectivity index is 1.92. The zero-order valence-corrected chi connectivity index (χ0v) is 11.7. The van der Waals surface area contributed by atoms with Crippen LogP contribution in [0.1, 0.15) is 20.0 Å². The molecule has 0 saturated heterocycles. The van der Waals surface area contributed by atoms with Crippen molar-refractivity contribution in [2.75, 3.05) is 6.61 Å². The second-order valence-corrected chi connectivity index (χ2v) is 5.93. The van der Waals surface area contributed by atoms with Crippen LogP contribution in [0, 0.1) is 0 Å². The van der Waals surface area contributed by atoms with Crippen molar-refractivity contribution in [3.05, 3.63) is 56.7 Å². The van der Waals surface area contributed by atoms with Gasteiger partial charge in [-0.05, 0) is 40.2 Å². The number of benzene rings is 1. The number of halogens is 1. The van der Waals surface area contributed by atoms with Gasteiger partial charge in [0.1, 0.15) is 0 Å².